The van der Waals surface area contributed by atoms with Gasteiger partial charge >= 0.3 is 0 Å². The Morgan fingerprint density at radius 1 is 1.15 bits per heavy atom. The average Bonchev–Trinajstić information content (AvgIpc) is 2.41. The Balaban J connectivity index is 1.67. The highest BCUT2D eigenvalue weighted by Crippen LogP contribution is 2.34. The summed E-state index contributed by atoms with van der Waals surface area (Å²) in [5.41, 5.74) is 6.89. The van der Waals surface area contributed by atoms with Gasteiger partial charge in [0, 0.05) is 12.2 Å². The Morgan fingerprint density at radius 3 is 2.30 bits per heavy atom. The number of nitrogen functional groups attached to an aromatic ring is 1. The highest BCUT2D eigenvalue weighted by atomic mass is 16.5. The van der Waals surface area contributed by atoms with E-state index < -0.39 is 0 Å². The molecule has 112 valence electrons. The molecular weight excluding hydrogens is 248 g/mol. The van der Waals surface area contributed by atoms with Crippen LogP contribution in [0.15, 0.2) is 24.3 Å². The molecule has 0 atom stereocenters. The zero-order valence-corrected chi connectivity index (χ0v) is 13.1. The highest BCUT2D eigenvalue weighted by molar-refractivity contribution is 5.41. The van der Waals surface area contributed by atoms with E-state index in [0.717, 1.165) is 30.5 Å². The first-order chi connectivity index (χ1) is 9.45. The molecule has 1 saturated heterocycles. The van der Waals surface area contributed by atoms with E-state index in [9.17, 15) is 0 Å². The van der Waals surface area contributed by atoms with Crippen LogP contribution in [0.1, 0.15) is 33.6 Å². The normalized spacial score (nSPS) is 18.1. The molecule has 1 fully saturated rings. The Morgan fingerprint density at radius 2 is 1.75 bits per heavy atom. The lowest BCUT2D eigenvalue weighted by Gasteiger charge is -2.38. The first-order valence-corrected chi connectivity index (χ1v) is 7.66. The predicted octanol–water partition coefficient (Wildman–Crippen LogP) is 3.41. The maximum absolute atomic E-state index is 5.76. The number of benzene rings is 1. The number of anilines is 1. The van der Waals surface area contributed by atoms with E-state index in [0.29, 0.717) is 5.41 Å². The number of likely N-dealkylation sites (tertiary alicyclic amines) is 1. The van der Waals surface area contributed by atoms with Crippen molar-refractivity contribution in [3.05, 3.63) is 24.3 Å². The topological polar surface area (TPSA) is 38.5 Å². The van der Waals surface area contributed by atoms with Gasteiger partial charge in [0.15, 0.2) is 0 Å². The molecule has 1 aromatic carbocycles. The van der Waals surface area contributed by atoms with Crippen molar-refractivity contribution in [3.8, 4) is 5.75 Å². The smallest absolute Gasteiger partial charge is 0.119 e. The second-order valence-corrected chi connectivity index (χ2v) is 6.90. The number of ether oxygens (including phenoxy) is 1. The lowest BCUT2D eigenvalue weighted by Crippen LogP contribution is -2.39. The fourth-order valence-electron chi connectivity index (χ4n) is 2.88. The minimum absolute atomic E-state index is 0.451. The fraction of sp³-hybridized carbons (Fsp3) is 0.647. The van der Waals surface area contributed by atoms with Crippen LogP contribution in [0.2, 0.25) is 0 Å². The molecule has 3 heteroatoms. The summed E-state index contributed by atoms with van der Waals surface area (Å²) in [5, 5.41) is 0. The van der Waals surface area contributed by atoms with Crippen molar-refractivity contribution in [2.45, 2.75) is 33.6 Å². The Kier molecular flexibility index (Phi) is 4.92. The summed E-state index contributed by atoms with van der Waals surface area (Å²) >= 11 is 0. The second kappa shape index (κ2) is 6.49. The van der Waals surface area contributed by atoms with Crippen LogP contribution in [-0.2, 0) is 0 Å². The number of nitrogens with zero attached hydrogens (tertiary/aromatic N) is 1. The molecule has 20 heavy (non-hydrogen) atoms. The Labute approximate surface area is 123 Å². The van der Waals surface area contributed by atoms with Crippen molar-refractivity contribution in [2.75, 3.05) is 32.0 Å². The van der Waals surface area contributed by atoms with Crippen LogP contribution in [0.5, 0.6) is 5.75 Å². The summed E-state index contributed by atoms with van der Waals surface area (Å²) in [4.78, 5) is 2.51. The third-order valence-corrected chi connectivity index (χ3v) is 4.37. The van der Waals surface area contributed by atoms with Crippen molar-refractivity contribution in [1.29, 1.82) is 0 Å². The first-order valence-electron chi connectivity index (χ1n) is 7.66. The van der Waals surface area contributed by atoms with Crippen molar-refractivity contribution in [2.24, 2.45) is 11.3 Å². The Hall–Kier alpha value is -1.22. The van der Waals surface area contributed by atoms with Crippen LogP contribution in [0.25, 0.3) is 0 Å². The predicted molar refractivity (Wildman–Crippen MR) is 85.0 cm³/mol. The van der Waals surface area contributed by atoms with Gasteiger partial charge in [-0.15, -0.1) is 0 Å². The minimum atomic E-state index is 0.451. The fourth-order valence-corrected chi connectivity index (χ4v) is 2.88. The molecule has 0 aliphatic carbocycles. The quantitative estimate of drug-likeness (QED) is 0.857. The average molecular weight is 276 g/mol. The molecule has 0 spiro atoms. The molecule has 1 aliphatic rings. The zero-order valence-electron chi connectivity index (χ0n) is 13.1. The van der Waals surface area contributed by atoms with Crippen molar-refractivity contribution in [1.82, 2.24) is 4.90 Å². The summed E-state index contributed by atoms with van der Waals surface area (Å²) < 4.78 is 5.76. The molecule has 1 aliphatic heterocycles. The molecule has 0 radical (unpaired) electrons. The summed E-state index contributed by atoms with van der Waals surface area (Å²) in [6, 6.07) is 7.62. The molecule has 3 nitrogen and oxygen atoms in total. The van der Waals surface area contributed by atoms with Crippen LogP contribution >= 0.6 is 0 Å². The van der Waals surface area contributed by atoms with Gasteiger partial charge in [-0.25, -0.2) is 0 Å². The van der Waals surface area contributed by atoms with Crippen molar-refractivity contribution in [3.63, 3.8) is 0 Å². The van der Waals surface area contributed by atoms with Gasteiger partial charge in [0.25, 0.3) is 0 Å². The Bertz CT molecular complexity index is 400. The molecule has 2 rings (SSSR count). The molecule has 0 bridgehead atoms. The lowest BCUT2D eigenvalue weighted by molar-refractivity contribution is 0.101. The minimum Gasteiger partial charge on any atom is -0.492 e. The molecule has 2 N–H and O–H groups in total. The van der Waals surface area contributed by atoms with Gasteiger partial charge < -0.3 is 10.5 Å². The van der Waals surface area contributed by atoms with Gasteiger partial charge in [-0.3, -0.25) is 4.90 Å². The number of rotatable bonds is 4. The van der Waals surface area contributed by atoms with Gasteiger partial charge in [-0.2, -0.15) is 0 Å². The lowest BCUT2D eigenvalue weighted by atomic mass is 9.75. The molecular formula is C17H28N2O. The summed E-state index contributed by atoms with van der Waals surface area (Å²) in [6.07, 6.45) is 2.62. The zero-order chi connectivity index (χ0) is 14.6. The van der Waals surface area contributed by atoms with E-state index in [-0.39, 0.29) is 0 Å². The first kappa shape index (κ1) is 15.2. The summed E-state index contributed by atoms with van der Waals surface area (Å²) in [7, 11) is 0. The van der Waals surface area contributed by atoms with Crippen LogP contribution in [0.3, 0.4) is 0 Å². The van der Waals surface area contributed by atoms with E-state index in [1.165, 1.54) is 25.9 Å². The third-order valence-electron chi connectivity index (χ3n) is 4.37. The molecule has 0 aromatic heterocycles. The molecule has 1 heterocycles. The van der Waals surface area contributed by atoms with E-state index >= 15 is 0 Å². The number of nitrogens with two attached hydrogens (primary N) is 1. The van der Waals surface area contributed by atoms with Crippen molar-refractivity contribution >= 4 is 5.69 Å². The van der Waals surface area contributed by atoms with E-state index in [2.05, 4.69) is 25.7 Å². The van der Waals surface area contributed by atoms with Gasteiger partial charge in [-0.05, 0) is 61.5 Å². The third kappa shape index (κ3) is 4.41. The second-order valence-electron chi connectivity index (χ2n) is 6.90. The highest BCUT2D eigenvalue weighted by Gasteiger charge is 2.28. The monoisotopic (exact) mass is 276 g/mol. The number of hydrogen-bond acceptors (Lipinski definition) is 3. The van der Waals surface area contributed by atoms with E-state index in [1.54, 1.807) is 0 Å². The van der Waals surface area contributed by atoms with Crippen LogP contribution < -0.4 is 10.5 Å². The maximum Gasteiger partial charge on any atom is 0.119 e. The molecule has 0 amide bonds. The van der Waals surface area contributed by atoms with Gasteiger partial charge in [0.05, 0.1) is 0 Å². The van der Waals surface area contributed by atoms with Crippen LogP contribution in [0.4, 0.5) is 5.69 Å². The van der Waals surface area contributed by atoms with Crippen molar-refractivity contribution < 1.29 is 4.74 Å². The van der Waals surface area contributed by atoms with E-state index in [4.69, 9.17) is 10.5 Å². The molecule has 1 aromatic rings. The van der Waals surface area contributed by atoms with Gasteiger partial charge in [0.2, 0.25) is 0 Å². The standard InChI is InChI=1S/C17H28N2O/c1-17(2,3)14-8-10-19(11-9-14)12-13-20-16-6-4-15(18)5-7-16/h4-7,14H,8-13,18H2,1-3H3. The summed E-state index contributed by atoms with van der Waals surface area (Å²) in [5.74, 6) is 1.76. The molecule has 0 unspecified atom stereocenters. The SMILES string of the molecule is CC(C)(C)C1CCN(CCOc2ccc(N)cc2)CC1. The number of hydrogen-bond donors (Lipinski definition) is 1. The number of piperidine rings is 1. The van der Waals surface area contributed by atoms with Gasteiger partial charge in [0.1, 0.15) is 12.4 Å². The van der Waals surface area contributed by atoms with Gasteiger partial charge in [-0.1, -0.05) is 20.8 Å². The largest absolute Gasteiger partial charge is 0.492 e. The van der Waals surface area contributed by atoms with Crippen LogP contribution in [0, 0.1) is 11.3 Å². The summed E-state index contributed by atoms with van der Waals surface area (Å²) in [6.45, 7) is 11.2. The van der Waals surface area contributed by atoms with E-state index in [1.807, 2.05) is 24.3 Å². The van der Waals surface area contributed by atoms with Crippen LogP contribution in [-0.4, -0.2) is 31.1 Å². The maximum atomic E-state index is 5.76. The molecule has 0 saturated carbocycles.